The van der Waals surface area contributed by atoms with Gasteiger partial charge in [-0.1, -0.05) is 35.9 Å². The first-order valence-electron chi connectivity index (χ1n) is 6.54. The van der Waals surface area contributed by atoms with Crippen LogP contribution in [0.5, 0.6) is 5.75 Å². The van der Waals surface area contributed by atoms with Gasteiger partial charge in [0.05, 0.1) is 12.2 Å². The van der Waals surface area contributed by atoms with Gasteiger partial charge in [0.1, 0.15) is 5.75 Å². The van der Waals surface area contributed by atoms with Gasteiger partial charge < -0.3 is 4.74 Å². The topological polar surface area (TPSA) is 26.3 Å². The molecule has 0 aromatic heterocycles. The van der Waals surface area contributed by atoms with Crippen LogP contribution in [0.4, 0.5) is 0 Å². The van der Waals surface area contributed by atoms with E-state index < -0.39 is 0 Å². The smallest absolute Gasteiger partial charge is 0.153 e. The van der Waals surface area contributed by atoms with Crippen LogP contribution in [0.2, 0.25) is 0 Å². The summed E-state index contributed by atoms with van der Waals surface area (Å²) >= 11 is 0. The molecular weight excluding hydrogens is 236 g/mol. The number of aldehydes is 1. The highest BCUT2D eigenvalue weighted by Crippen LogP contribution is 2.35. The SMILES string of the molecule is Cc1ccc(OCC2Cc3ccccc32)c(C=O)c1. The first-order valence-corrected chi connectivity index (χ1v) is 6.54. The summed E-state index contributed by atoms with van der Waals surface area (Å²) in [6.07, 6.45) is 1.93. The van der Waals surface area contributed by atoms with Gasteiger partial charge in [-0.3, -0.25) is 4.79 Å². The standard InChI is InChI=1S/C17H16O2/c1-12-6-7-17(14(8-12)10-18)19-11-15-9-13-4-2-3-5-16(13)15/h2-8,10,15H,9,11H2,1H3. The molecule has 1 aliphatic carbocycles. The summed E-state index contributed by atoms with van der Waals surface area (Å²) in [7, 11) is 0. The lowest BCUT2D eigenvalue weighted by molar-refractivity contribution is 0.111. The fourth-order valence-corrected chi connectivity index (χ4v) is 2.59. The maximum atomic E-state index is 11.0. The molecule has 0 radical (unpaired) electrons. The Bertz CT molecular complexity index is 616. The molecular formula is C17H16O2. The summed E-state index contributed by atoms with van der Waals surface area (Å²) in [5, 5.41) is 0. The molecule has 1 unspecified atom stereocenters. The fraction of sp³-hybridized carbons (Fsp3) is 0.235. The number of rotatable bonds is 4. The Balaban J connectivity index is 1.70. The van der Waals surface area contributed by atoms with E-state index in [1.165, 1.54) is 11.1 Å². The maximum Gasteiger partial charge on any atom is 0.153 e. The third-order valence-electron chi connectivity index (χ3n) is 3.69. The maximum absolute atomic E-state index is 11.0. The molecule has 0 aliphatic heterocycles. The minimum absolute atomic E-state index is 0.456. The van der Waals surface area contributed by atoms with Gasteiger partial charge in [0.15, 0.2) is 6.29 Å². The van der Waals surface area contributed by atoms with Crippen molar-refractivity contribution < 1.29 is 9.53 Å². The molecule has 0 fully saturated rings. The van der Waals surface area contributed by atoms with Gasteiger partial charge in [-0.2, -0.15) is 0 Å². The third-order valence-corrected chi connectivity index (χ3v) is 3.69. The van der Waals surface area contributed by atoms with E-state index in [9.17, 15) is 4.79 Å². The Morgan fingerprint density at radius 3 is 2.89 bits per heavy atom. The van der Waals surface area contributed by atoms with E-state index >= 15 is 0 Å². The molecule has 1 atom stereocenters. The van der Waals surface area contributed by atoms with Gasteiger partial charge in [-0.25, -0.2) is 0 Å². The number of fused-ring (bicyclic) bond motifs is 1. The molecule has 0 amide bonds. The largest absolute Gasteiger partial charge is 0.492 e. The molecule has 1 aliphatic rings. The number of ether oxygens (including phenoxy) is 1. The Morgan fingerprint density at radius 1 is 1.26 bits per heavy atom. The summed E-state index contributed by atoms with van der Waals surface area (Å²) in [5.74, 6) is 1.14. The zero-order valence-corrected chi connectivity index (χ0v) is 10.9. The third kappa shape index (κ3) is 2.26. The summed E-state index contributed by atoms with van der Waals surface area (Å²) in [6, 6.07) is 14.2. The highest BCUT2D eigenvalue weighted by Gasteiger charge is 2.26. The Morgan fingerprint density at radius 2 is 2.11 bits per heavy atom. The lowest BCUT2D eigenvalue weighted by Gasteiger charge is -2.30. The molecule has 3 rings (SSSR count). The van der Waals surface area contributed by atoms with Crippen LogP contribution in [0.1, 0.15) is 33.0 Å². The van der Waals surface area contributed by atoms with E-state index in [2.05, 4.69) is 24.3 Å². The van der Waals surface area contributed by atoms with Gasteiger partial charge in [0.2, 0.25) is 0 Å². The monoisotopic (exact) mass is 252 g/mol. The summed E-state index contributed by atoms with van der Waals surface area (Å²) in [6.45, 7) is 2.61. The Labute approximate surface area is 113 Å². The number of benzene rings is 2. The zero-order chi connectivity index (χ0) is 13.2. The van der Waals surface area contributed by atoms with E-state index in [-0.39, 0.29) is 0 Å². The molecule has 2 aromatic rings. The molecule has 2 nitrogen and oxygen atoms in total. The van der Waals surface area contributed by atoms with Gasteiger partial charge in [0, 0.05) is 5.92 Å². The number of carbonyl (C=O) groups excluding carboxylic acids is 1. The first-order chi connectivity index (χ1) is 9.28. The van der Waals surface area contributed by atoms with Crippen LogP contribution in [-0.2, 0) is 6.42 Å². The van der Waals surface area contributed by atoms with Crippen molar-refractivity contribution in [1.29, 1.82) is 0 Å². The predicted octanol–water partition coefficient (Wildman–Crippen LogP) is 3.53. The summed E-state index contributed by atoms with van der Waals surface area (Å²) in [5.41, 5.74) is 4.49. The van der Waals surface area contributed by atoms with Gasteiger partial charge in [-0.05, 0) is 36.6 Å². The van der Waals surface area contributed by atoms with Crippen molar-refractivity contribution in [3.63, 3.8) is 0 Å². The molecule has 0 spiro atoms. The molecule has 0 N–H and O–H groups in total. The van der Waals surface area contributed by atoms with Crippen molar-refractivity contribution in [2.75, 3.05) is 6.61 Å². The molecule has 0 saturated heterocycles. The van der Waals surface area contributed by atoms with Crippen molar-refractivity contribution in [3.05, 3.63) is 64.7 Å². The van der Waals surface area contributed by atoms with E-state index in [1.807, 2.05) is 25.1 Å². The molecule has 19 heavy (non-hydrogen) atoms. The van der Waals surface area contributed by atoms with Crippen LogP contribution < -0.4 is 4.74 Å². The Kier molecular flexibility index (Phi) is 3.08. The minimum Gasteiger partial charge on any atom is -0.492 e. The molecule has 96 valence electrons. The Hall–Kier alpha value is -2.09. The summed E-state index contributed by atoms with van der Waals surface area (Å²) in [4.78, 5) is 11.0. The average Bonchev–Trinajstić information content (AvgIpc) is 2.41. The average molecular weight is 252 g/mol. The fourth-order valence-electron chi connectivity index (χ4n) is 2.59. The first kappa shape index (κ1) is 12.0. The second kappa shape index (κ2) is 4.88. The molecule has 0 heterocycles. The van der Waals surface area contributed by atoms with Crippen molar-refractivity contribution >= 4 is 6.29 Å². The number of hydrogen-bond acceptors (Lipinski definition) is 2. The van der Waals surface area contributed by atoms with Crippen LogP contribution >= 0.6 is 0 Å². The van der Waals surface area contributed by atoms with E-state index in [0.717, 1.165) is 18.3 Å². The van der Waals surface area contributed by atoms with Crippen molar-refractivity contribution in [2.24, 2.45) is 0 Å². The van der Waals surface area contributed by atoms with Crippen molar-refractivity contribution in [2.45, 2.75) is 19.3 Å². The van der Waals surface area contributed by atoms with Crippen LogP contribution in [-0.4, -0.2) is 12.9 Å². The van der Waals surface area contributed by atoms with Crippen LogP contribution in [0.3, 0.4) is 0 Å². The molecule has 0 saturated carbocycles. The molecule has 2 aromatic carbocycles. The normalized spacial score (nSPS) is 16.4. The number of aryl methyl sites for hydroxylation is 1. The van der Waals surface area contributed by atoms with E-state index in [4.69, 9.17) is 4.74 Å². The second-order valence-electron chi connectivity index (χ2n) is 5.07. The van der Waals surface area contributed by atoms with Gasteiger partial charge >= 0.3 is 0 Å². The summed E-state index contributed by atoms with van der Waals surface area (Å²) < 4.78 is 5.81. The van der Waals surface area contributed by atoms with Gasteiger partial charge in [0.25, 0.3) is 0 Å². The van der Waals surface area contributed by atoms with Crippen LogP contribution in [0.15, 0.2) is 42.5 Å². The molecule has 2 heteroatoms. The van der Waals surface area contributed by atoms with E-state index in [1.54, 1.807) is 0 Å². The predicted molar refractivity (Wildman–Crippen MR) is 74.9 cm³/mol. The number of carbonyl (C=O) groups is 1. The van der Waals surface area contributed by atoms with Gasteiger partial charge in [-0.15, -0.1) is 0 Å². The quantitative estimate of drug-likeness (QED) is 0.778. The van der Waals surface area contributed by atoms with Crippen molar-refractivity contribution in [3.8, 4) is 5.75 Å². The highest BCUT2D eigenvalue weighted by molar-refractivity contribution is 5.79. The second-order valence-corrected chi connectivity index (χ2v) is 5.07. The number of hydrogen-bond donors (Lipinski definition) is 0. The zero-order valence-electron chi connectivity index (χ0n) is 10.9. The minimum atomic E-state index is 0.456. The van der Waals surface area contributed by atoms with Crippen LogP contribution in [0.25, 0.3) is 0 Å². The van der Waals surface area contributed by atoms with Crippen LogP contribution in [0, 0.1) is 6.92 Å². The lowest BCUT2D eigenvalue weighted by atomic mass is 9.78. The molecule has 0 bridgehead atoms. The highest BCUT2D eigenvalue weighted by atomic mass is 16.5. The van der Waals surface area contributed by atoms with E-state index in [0.29, 0.717) is 23.8 Å². The van der Waals surface area contributed by atoms with Crippen molar-refractivity contribution in [1.82, 2.24) is 0 Å². The lowest BCUT2D eigenvalue weighted by Crippen LogP contribution is -2.23.